The van der Waals surface area contributed by atoms with Crippen LogP contribution in [0, 0.1) is 0 Å². The van der Waals surface area contributed by atoms with Gasteiger partial charge < -0.3 is 15.2 Å². The van der Waals surface area contributed by atoms with Gasteiger partial charge in [-0.2, -0.15) is 4.98 Å². The van der Waals surface area contributed by atoms with E-state index in [0.717, 1.165) is 12.8 Å². The number of nitrogens with one attached hydrogen (secondary N) is 1. The van der Waals surface area contributed by atoms with Gasteiger partial charge in [0.15, 0.2) is 5.78 Å². The summed E-state index contributed by atoms with van der Waals surface area (Å²) in [5, 5.41) is 12.6. The zero-order chi connectivity index (χ0) is 16.5. The van der Waals surface area contributed by atoms with Crippen molar-refractivity contribution in [2.24, 2.45) is 0 Å². The third-order valence-electron chi connectivity index (χ3n) is 2.90. The largest absolute Gasteiger partial charge is 0.492 e. The van der Waals surface area contributed by atoms with E-state index in [2.05, 4.69) is 10.3 Å². The number of hydrogen-bond donors (Lipinski definition) is 2. The summed E-state index contributed by atoms with van der Waals surface area (Å²) >= 11 is 5.82. The van der Waals surface area contributed by atoms with E-state index in [4.69, 9.17) is 16.3 Å². The monoisotopic (exact) mass is 326 g/mol. The molecule has 1 aliphatic rings. The second kappa shape index (κ2) is 6.12. The minimum Gasteiger partial charge on any atom is -0.492 e. The average Bonchev–Trinajstić information content (AvgIpc) is 3.14. The van der Waals surface area contributed by atoms with Crippen molar-refractivity contribution in [1.29, 1.82) is 0 Å². The van der Waals surface area contributed by atoms with Crippen LogP contribution in [0.4, 0.5) is 5.82 Å². The van der Waals surface area contributed by atoms with Gasteiger partial charge >= 0.3 is 5.97 Å². The van der Waals surface area contributed by atoms with Crippen molar-refractivity contribution in [1.82, 2.24) is 4.98 Å². The molecule has 1 aromatic heterocycles. The van der Waals surface area contributed by atoms with E-state index < -0.39 is 23.8 Å². The molecule has 0 atom stereocenters. The number of nitrogens with zero attached hydrogens (tertiary/aromatic N) is 1. The zero-order valence-corrected chi connectivity index (χ0v) is 13.5. The average molecular weight is 327 g/mol. The van der Waals surface area contributed by atoms with Gasteiger partial charge in [-0.3, -0.25) is 9.59 Å². The number of aromatic hydroxyl groups is 1. The number of pyridine rings is 1. The van der Waals surface area contributed by atoms with Gasteiger partial charge in [0.2, 0.25) is 5.88 Å². The van der Waals surface area contributed by atoms with Crippen LogP contribution in [-0.4, -0.2) is 33.5 Å². The van der Waals surface area contributed by atoms with E-state index in [1.165, 1.54) is 6.07 Å². The lowest BCUT2D eigenvalue weighted by molar-refractivity contribution is -0.153. The minimum atomic E-state index is -0.655. The number of carbonyl (C=O) groups is 2. The Morgan fingerprint density at radius 2 is 2.09 bits per heavy atom. The molecule has 7 heteroatoms. The molecule has 0 bridgehead atoms. The quantitative estimate of drug-likeness (QED) is 0.491. The topological polar surface area (TPSA) is 88.5 Å². The van der Waals surface area contributed by atoms with Gasteiger partial charge in [-0.15, -0.1) is 0 Å². The van der Waals surface area contributed by atoms with Crippen molar-refractivity contribution in [2.75, 3.05) is 5.32 Å². The first-order valence-corrected chi connectivity index (χ1v) is 7.44. The highest BCUT2D eigenvalue weighted by Crippen LogP contribution is 2.31. The molecule has 2 N–H and O–H groups in total. The predicted octanol–water partition coefficient (Wildman–Crippen LogP) is 2.93. The molecule has 2 rings (SSSR count). The maximum Gasteiger partial charge on any atom is 0.314 e. The highest BCUT2D eigenvalue weighted by atomic mass is 35.5. The fourth-order valence-corrected chi connectivity index (χ4v) is 1.98. The molecule has 0 spiro atoms. The van der Waals surface area contributed by atoms with Crippen LogP contribution in [-0.2, 0) is 9.53 Å². The maximum absolute atomic E-state index is 12.3. The molecule has 22 heavy (non-hydrogen) atoms. The Bertz CT molecular complexity index is 606. The highest BCUT2D eigenvalue weighted by molar-refractivity contribution is 6.32. The maximum atomic E-state index is 12.3. The Morgan fingerprint density at radius 1 is 1.45 bits per heavy atom. The molecule has 0 aromatic carbocycles. The molecule has 1 fully saturated rings. The third-order valence-corrected chi connectivity index (χ3v) is 3.18. The van der Waals surface area contributed by atoms with Crippen LogP contribution in [0.15, 0.2) is 6.07 Å². The highest BCUT2D eigenvalue weighted by Gasteiger charge is 2.27. The van der Waals surface area contributed by atoms with E-state index >= 15 is 0 Å². The van der Waals surface area contributed by atoms with Gasteiger partial charge in [0.25, 0.3) is 0 Å². The van der Waals surface area contributed by atoms with Crippen molar-refractivity contribution in [2.45, 2.75) is 51.7 Å². The normalized spacial score (nSPS) is 14.5. The smallest absolute Gasteiger partial charge is 0.314 e. The SMILES string of the molecule is CC(C)(C)OC(=O)CC(=O)c1cc(Cl)c(O)nc1NC1CC1. The second-order valence-electron chi connectivity index (χ2n) is 6.29. The number of halogens is 1. The summed E-state index contributed by atoms with van der Waals surface area (Å²) in [6.45, 7) is 5.19. The summed E-state index contributed by atoms with van der Waals surface area (Å²) in [7, 11) is 0. The van der Waals surface area contributed by atoms with Crippen LogP contribution in [0.1, 0.15) is 50.4 Å². The number of ether oxygens (including phenoxy) is 1. The van der Waals surface area contributed by atoms with Crippen LogP contribution in [0.25, 0.3) is 0 Å². The molecule has 1 aromatic rings. The molecule has 0 radical (unpaired) electrons. The summed E-state index contributed by atoms with van der Waals surface area (Å²) in [4.78, 5) is 28.0. The molecule has 1 aliphatic carbocycles. The predicted molar refractivity (Wildman–Crippen MR) is 82.3 cm³/mol. The Morgan fingerprint density at radius 3 is 2.64 bits per heavy atom. The first-order valence-electron chi connectivity index (χ1n) is 7.07. The summed E-state index contributed by atoms with van der Waals surface area (Å²) in [6, 6.07) is 1.56. The molecule has 0 amide bonds. The summed E-state index contributed by atoms with van der Waals surface area (Å²) < 4.78 is 5.13. The van der Waals surface area contributed by atoms with Gasteiger partial charge in [0.05, 0.1) is 5.56 Å². The van der Waals surface area contributed by atoms with Crippen LogP contribution in [0.2, 0.25) is 5.02 Å². The van der Waals surface area contributed by atoms with Crippen LogP contribution in [0.5, 0.6) is 5.88 Å². The number of Topliss-reactive ketones (excluding diaryl/α,β-unsaturated/α-hetero) is 1. The minimum absolute atomic E-state index is 0.0334. The molecule has 0 saturated heterocycles. The van der Waals surface area contributed by atoms with Gasteiger partial charge in [-0.1, -0.05) is 11.6 Å². The van der Waals surface area contributed by atoms with Gasteiger partial charge in [-0.25, -0.2) is 0 Å². The second-order valence-corrected chi connectivity index (χ2v) is 6.70. The number of anilines is 1. The summed E-state index contributed by atoms with van der Waals surface area (Å²) in [5.74, 6) is -1.16. The first kappa shape index (κ1) is 16.5. The van der Waals surface area contributed by atoms with Crippen LogP contribution in [0.3, 0.4) is 0 Å². The van der Waals surface area contributed by atoms with E-state index in [1.54, 1.807) is 20.8 Å². The standard InChI is InChI=1S/C15H19ClN2O4/c1-15(2,3)22-12(20)7-11(19)9-6-10(16)14(21)18-13(9)17-8-4-5-8/h6,8H,4-5,7H2,1-3H3,(H2,17,18,21). The van der Waals surface area contributed by atoms with Crippen molar-refractivity contribution in [3.63, 3.8) is 0 Å². The number of ketones is 1. The molecule has 1 heterocycles. The Hall–Kier alpha value is -1.82. The van der Waals surface area contributed by atoms with E-state index in [-0.39, 0.29) is 28.3 Å². The molecule has 1 saturated carbocycles. The Kier molecular flexibility index (Phi) is 4.60. The van der Waals surface area contributed by atoms with Gasteiger partial charge in [-0.05, 0) is 39.7 Å². The van der Waals surface area contributed by atoms with Gasteiger partial charge in [0.1, 0.15) is 22.9 Å². The fraction of sp³-hybridized carbons (Fsp3) is 0.533. The zero-order valence-electron chi connectivity index (χ0n) is 12.8. The molecule has 0 aliphatic heterocycles. The summed E-state index contributed by atoms with van der Waals surface area (Å²) in [5.41, 5.74) is -0.474. The lowest BCUT2D eigenvalue weighted by atomic mass is 10.1. The lowest BCUT2D eigenvalue weighted by Gasteiger charge is -2.19. The molecule has 120 valence electrons. The summed E-state index contributed by atoms with van der Waals surface area (Å²) in [6.07, 6.45) is 1.55. The molecular weight excluding hydrogens is 308 g/mol. The first-order chi connectivity index (χ1) is 10.2. The van der Waals surface area contributed by atoms with Gasteiger partial charge in [0, 0.05) is 6.04 Å². The third kappa shape index (κ3) is 4.59. The number of esters is 1. The van der Waals surface area contributed by atoms with E-state index in [1.807, 2.05) is 0 Å². The molecule has 6 nitrogen and oxygen atoms in total. The van der Waals surface area contributed by atoms with Crippen molar-refractivity contribution >= 4 is 29.2 Å². The fourth-order valence-electron chi connectivity index (χ4n) is 1.83. The van der Waals surface area contributed by atoms with Crippen molar-refractivity contribution in [3.8, 4) is 5.88 Å². The number of aromatic nitrogens is 1. The number of hydrogen-bond acceptors (Lipinski definition) is 6. The van der Waals surface area contributed by atoms with Crippen LogP contribution >= 0.6 is 11.6 Å². The van der Waals surface area contributed by atoms with Crippen molar-refractivity contribution in [3.05, 3.63) is 16.7 Å². The number of rotatable bonds is 5. The molecule has 0 unspecified atom stereocenters. The Balaban J connectivity index is 2.17. The molecular formula is C15H19ClN2O4. The number of carbonyl (C=O) groups excluding carboxylic acids is 2. The van der Waals surface area contributed by atoms with Crippen molar-refractivity contribution < 1.29 is 19.4 Å². The lowest BCUT2D eigenvalue weighted by Crippen LogP contribution is -2.25. The van der Waals surface area contributed by atoms with E-state index in [9.17, 15) is 14.7 Å². The van der Waals surface area contributed by atoms with Crippen LogP contribution < -0.4 is 5.32 Å². The van der Waals surface area contributed by atoms with E-state index in [0.29, 0.717) is 0 Å². The Labute approximate surface area is 133 Å².